The van der Waals surface area contributed by atoms with Crippen LogP contribution in [-0.4, -0.2) is 42.0 Å². The molecule has 29 heavy (non-hydrogen) atoms. The van der Waals surface area contributed by atoms with Crippen LogP contribution < -0.4 is 15.4 Å². The van der Waals surface area contributed by atoms with E-state index < -0.39 is 0 Å². The summed E-state index contributed by atoms with van der Waals surface area (Å²) in [7, 11) is 0. The summed E-state index contributed by atoms with van der Waals surface area (Å²) in [5, 5.41) is 7.05. The molecular formula is C24H31N3O2. The third kappa shape index (κ3) is 5.10. The van der Waals surface area contributed by atoms with Gasteiger partial charge in [-0.1, -0.05) is 18.9 Å². The van der Waals surface area contributed by atoms with E-state index in [1.54, 1.807) is 0 Å². The molecule has 2 fully saturated rings. The Morgan fingerprint density at radius 3 is 2.38 bits per heavy atom. The standard InChI is InChI=1S/C24H31N3O2/c1-17-15-27(16-18(2)25-17)24(28)19-6-5-9-23(14-19)29-22-12-10-21(11-13-22)26-20-7-3-4-8-20/h5-6,9-14,17-18,20,25-26H,3-4,7-8,15-16H2,1-2H3. The van der Waals surface area contributed by atoms with Crippen LogP contribution in [0.2, 0.25) is 0 Å². The van der Waals surface area contributed by atoms with Crippen LogP contribution in [0.4, 0.5) is 5.69 Å². The first kappa shape index (κ1) is 19.8. The molecule has 1 heterocycles. The molecule has 1 aliphatic heterocycles. The van der Waals surface area contributed by atoms with E-state index in [9.17, 15) is 4.79 Å². The molecule has 1 aliphatic carbocycles. The van der Waals surface area contributed by atoms with Crippen molar-refractivity contribution >= 4 is 11.6 Å². The topological polar surface area (TPSA) is 53.6 Å². The van der Waals surface area contributed by atoms with Gasteiger partial charge >= 0.3 is 0 Å². The molecule has 2 aromatic rings. The van der Waals surface area contributed by atoms with Gasteiger partial charge < -0.3 is 20.3 Å². The highest BCUT2D eigenvalue weighted by Crippen LogP contribution is 2.27. The normalized spacial score (nSPS) is 22.5. The van der Waals surface area contributed by atoms with Gasteiger partial charge in [-0.15, -0.1) is 0 Å². The molecule has 2 aliphatic rings. The van der Waals surface area contributed by atoms with Gasteiger partial charge in [-0.25, -0.2) is 0 Å². The molecule has 0 spiro atoms. The summed E-state index contributed by atoms with van der Waals surface area (Å²) in [6.45, 7) is 5.68. The van der Waals surface area contributed by atoms with Gasteiger partial charge in [-0.2, -0.15) is 0 Å². The second-order valence-corrected chi connectivity index (χ2v) is 8.46. The number of benzene rings is 2. The fourth-order valence-corrected chi connectivity index (χ4v) is 4.43. The van der Waals surface area contributed by atoms with Crippen LogP contribution in [-0.2, 0) is 0 Å². The Kier molecular flexibility index (Phi) is 6.05. The minimum Gasteiger partial charge on any atom is -0.457 e. The minimum atomic E-state index is 0.0618. The molecule has 1 amide bonds. The average molecular weight is 394 g/mol. The van der Waals surface area contributed by atoms with Crippen LogP contribution in [0.15, 0.2) is 48.5 Å². The van der Waals surface area contributed by atoms with Gasteiger partial charge in [0, 0.05) is 42.5 Å². The SMILES string of the molecule is CC1CN(C(=O)c2cccc(Oc3ccc(NC4CCCC4)cc3)c2)CC(C)N1. The molecule has 0 aromatic heterocycles. The van der Waals surface area contributed by atoms with Crippen molar-refractivity contribution in [2.24, 2.45) is 0 Å². The third-order valence-electron chi connectivity index (χ3n) is 5.74. The molecule has 5 nitrogen and oxygen atoms in total. The lowest BCUT2D eigenvalue weighted by molar-refractivity contribution is 0.0673. The molecule has 4 rings (SSSR count). The quantitative estimate of drug-likeness (QED) is 0.776. The maximum atomic E-state index is 12.9. The number of rotatable bonds is 5. The number of nitrogens with zero attached hydrogens (tertiary/aromatic N) is 1. The van der Waals surface area contributed by atoms with Gasteiger partial charge in [-0.3, -0.25) is 4.79 Å². The zero-order chi connectivity index (χ0) is 20.2. The van der Waals surface area contributed by atoms with Crippen LogP contribution >= 0.6 is 0 Å². The first-order valence-corrected chi connectivity index (χ1v) is 10.8. The van der Waals surface area contributed by atoms with Crippen molar-refractivity contribution in [2.45, 2.75) is 57.7 Å². The number of hydrogen-bond donors (Lipinski definition) is 2. The Hall–Kier alpha value is -2.53. The van der Waals surface area contributed by atoms with E-state index in [2.05, 4.69) is 36.6 Å². The van der Waals surface area contributed by atoms with E-state index in [0.717, 1.165) is 24.5 Å². The van der Waals surface area contributed by atoms with Crippen molar-refractivity contribution in [3.63, 3.8) is 0 Å². The number of carbonyl (C=O) groups excluding carboxylic acids is 1. The van der Waals surface area contributed by atoms with Crippen LogP contribution in [0.1, 0.15) is 49.9 Å². The van der Waals surface area contributed by atoms with Crippen molar-refractivity contribution in [1.29, 1.82) is 0 Å². The summed E-state index contributed by atoms with van der Waals surface area (Å²) in [6.07, 6.45) is 5.15. The van der Waals surface area contributed by atoms with Gasteiger partial charge in [0.25, 0.3) is 5.91 Å². The molecule has 2 atom stereocenters. The number of hydrogen-bond acceptors (Lipinski definition) is 4. The smallest absolute Gasteiger partial charge is 0.254 e. The zero-order valence-corrected chi connectivity index (χ0v) is 17.4. The van der Waals surface area contributed by atoms with Crippen LogP contribution in [0.5, 0.6) is 11.5 Å². The average Bonchev–Trinajstić information content (AvgIpc) is 3.21. The Bertz CT molecular complexity index is 820. The minimum absolute atomic E-state index is 0.0618. The van der Waals surface area contributed by atoms with Crippen LogP contribution in [0.25, 0.3) is 0 Å². The van der Waals surface area contributed by atoms with E-state index in [0.29, 0.717) is 29.4 Å². The van der Waals surface area contributed by atoms with E-state index in [-0.39, 0.29) is 5.91 Å². The molecule has 2 unspecified atom stereocenters. The van der Waals surface area contributed by atoms with Crippen molar-refractivity contribution in [3.05, 3.63) is 54.1 Å². The van der Waals surface area contributed by atoms with Crippen LogP contribution in [0.3, 0.4) is 0 Å². The second-order valence-electron chi connectivity index (χ2n) is 8.46. The molecule has 1 saturated carbocycles. The number of anilines is 1. The van der Waals surface area contributed by atoms with E-state index in [1.807, 2.05) is 41.3 Å². The van der Waals surface area contributed by atoms with Gasteiger partial charge in [0.1, 0.15) is 11.5 Å². The third-order valence-corrected chi connectivity index (χ3v) is 5.74. The van der Waals surface area contributed by atoms with Gasteiger partial charge in [-0.05, 0) is 69.2 Å². The maximum absolute atomic E-state index is 12.9. The lowest BCUT2D eigenvalue weighted by Crippen LogP contribution is -2.55. The molecule has 1 saturated heterocycles. The molecule has 5 heteroatoms. The van der Waals surface area contributed by atoms with Gasteiger partial charge in [0.2, 0.25) is 0 Å². The summed E-state index contributed by atoms with van der Waals surface area (Å²) >= 11 is 0. The van der Waals surface area contributed by atoms with Crippen molar-refractivity contribution in [2.75, 3.05) is 18.4 Å². The van der Waals surface area contributed by atoms with Crippen molar-refractivity contribution in [3.8, 4) is 11.5 Å². The molecular weight excluding hydrogens is 362 g/mol. The fourth-order valence-electron chi connectivity index (χ4n) is 4.43. The summed E-state index contributed by atoms with van der Waals surface area (Å²) in [5.41, 5.74) is 1.80. The first-order valence-electron chi connectivity index (χ1n) is 10.8. The number of nitrogens with one attached hydrogen (secondary N) is 2. The lowest BCUT2D eigenvalue weighted by atomic mass is 10.1. The van der Waals surface area contributed by atoms with Gasteiger partial charge in [0.05, 0.1) is 0 Å². The number of piperazine rings is 1. The predicted molar refractivity (Wildman–Crippen MR) is 117 cm³/mol. The Labute approximate surface area is 173 Å². The number of ether oxygens (including phenoxy) is 1. The Balaban J connectivity index is 1.40. The highest BCUT2D eigenvalue weighted by molar-refractivity contribution is 5.94. The number of amides is 1. The van der Waals surface area contributed by atoms with E-state index in [4.69, 9.17) is 4.74 Å². The highest BCUT2D eigenvalue weighted by Gasteiger charge is 2.25. The summed E-state index contributed by atoms with van der Waals surface area (Å²) in [6, 6.07) is 16.8. The fraction of sp³-hybridized carbons (Fsp3) is 0.458. The zero-order valence-electron chi connectivity index (χ0n) is 17.4. The summed E-state index contributed by atoms with van der Waals surface area (Å²) in [4.78, 5) is 14.9. The second kappa shape index (κ2) is 8.87. The molecule has 154 valence electrons. The van der Waals surface area contributed by atoms with E-state index >= 15 is 0 Å². The molecule has 0 bridgehead atoms. The van der Waals surface area contributed by atoms with Gasteiger partial charge in [0.15, 0.2) is 0 Å². The van der Waals surface area contributed by atoms with Crippen LogP contribution in [0, 0.1) is 0 Å². The van der Waals surface area contributed by atoms with E-state index in [1.165, 1.54) is 25.7 Å². The van der Waals surface area contributed by atoms with Crippen molar-refractivity contribution < 1.29 is 9.53 Å². The Morgan fingerprint density at radius 1 is 1.00 bits per heavy atom. The Morgan fingerprint density at radius 2 is 1.69 bits per heavy atom. The monoisotopic (exact) mass is 393 g/mol. The largest absolute Gasteiger partial charge is 0.457 e. The first-order chi connectivity index (χ1) is 14.1. The lowest BCUT2D eigenvalue weighted by Gasteiger charge is -2.36. The predicted octanol–water partition coefficient (Wildman–Crippen LogP) is 4.66. The highest BCUT2D eigenvalue weighted by atomic mass is 16.5. The van der Waals surface area contributed by atoms with Crippen molar-refractivity contribution in [1.82, 2.24) is 10.2 Å². The molecule has 0 radical (unpaired) electrons. The summed E-state index contributed by atoms with van der Waals surface area (Å²) in [5.74, 6) is 1.52. The summed E-state index contributed by atoms with van der Waals surface area (Å²) < 4.78 is 6.01. The molecule has 2 N–H and O–H groups in total. The molecule has 2 aromatic carbocycles. The maximum Gasteiger partial charge on any atom is 0.254 e. The number of carbonyl (C=O) groups is 1.